The molecule has 0 aromatic heterocycles. The van der Waals surface area contributed by atoms with Crippen LogP contribution in [0.4, 0.5) is 5.69 Å². The van der Waals surface area contributed by atoms with Crippen LogP contribution in [0.1, 0.15) is 37.8 Å². The zero-order valence-electron chi connectivity index (χ0n) is 15.2. The highest BCUT2D eigenvalue weighted by Crippen LogP contribution is 2.67. The number of hydrogen-bond donors (Lipinski definition) is 0. The predicted molar refractivity (Wildman–Crippen MR) is 94.9 cm³/mol. The van der Waals surface area contributed by atoms with E-state index in [2.05, 4.69) is 13.0 Å². The van der Waals surface area contributed by atoms with Crippen LogP contribution in [0.2, 0.25) is 0 Å². The smallest absolute Gasteiger partial charge is 0.233 e. The quantitative estimate of drug-likeness (QED) is 0.709. The van der Waals surface area contributed by atoms with Gasteiger partial charge in [-0.15, -0.1) is 0 Å². The van der Waals surface area contributed by atoms with E-state index in [9.17, 15) is 9.59 Å². The van der Waals surface area contributed by atoms with Crippen LogP contribution in [0.3, 0.4) is 0 Å². The Labute approximate surface area is 157 Å². The highest BCUT2D eigenvalue weighted by molar-refractivity contribution is 6.02. The minimum atomic E-state index is -0.527. The summed E-state index contributed by atoms with van der Waals surface area (Å²) in [5, 5.41) is 0. The monoisotopic (exact) mass is 366 g/mol. The first-order chi connectivity index (χ1) is 13.1. The molecule has 2 bridgehead atoms. The first-order valence-electron chi connectivity index (χ1n) is 10.2. The van der Waals surface area contributed by atoms with Gasteiger partial charge in [-0.3, -0.25) is 9.59 Å². The van der Waals surface area contributed by atoms with E-state index in [1.54, 1.807) is 0 Å². The molecule has 27 heavy (non-hydrogen) atoms. The Morgan fingerprint density at radius 1 is 1.19 bits per heavy atom. The molecule has 140 valence electrons. The lowest BCUT2D eigenvalue weighted by Crippen LogP contribution is -2.54. The summed E-state index contributed by atoms with van der Waals surface area (Å²) < 4.78 is 12.6. The van der Waals surface area contributed by atoms with E-state index in [4.69, 9.17) is 9.47 Å². The third-order valence-electron chi connectivity index (χ3n) is 7.99. The molecule has 6 heterocycles. The predicted octanol–water partition coefficient (Wildman–Crippen LogP) is 1.64. The number of rotatable bonds is 1. The number of carbonyl (C=O) groups excluding carboxylic acids is 2. The first kappa shape index (κ1) is 15.1. The van der Waals surface area contributed by atoms with Crippen molar-refractivity contribution in [2.24, 2.45) is 11.8 Å². The Hall–Kier alpha value is -1.92. The number of hydrogen-bond acceptors (Lipinski definition) is 4. The van der Waals surface area contributed by atoms with E-state index in [-0.39, 0.29) is 54.0 Å². The molecule has 6 heteroatoms. The molecule has 2 amide bonds. The third kappa shape index (κ3) is 1.51. The molecule has 8 atom stereocenters. The molecule has 7 rings (SSSR count). The van der Waals surface area contributed by atoms with Crippen molar-refractivity contribution in [2.45, 2.75) is 62.2 Å². The number of para-hydroxylation sites is 1. The summed E-state index contributed by atoms with van der Waals surface area (Å²) in [5.74, 6) is 0.470. The lowest BCUT2D eigenvalue weighted by Gasteiger charge is -2.44. The second-order valence-electron chi connectivity index (χ2n) is 9.02. The normalized spacial score (nSPS) is 48.6. The van der Waals surface area contributed by atoms with Gasteiger partial charge in [0.2, 0.25) is 11.8 Å². The van der Waals surface area contributed by atoms with Crippen LogP contribution in [0.5, 0.6) is 0 Å². The summed E-state index contributed by atoms with van der Waals surface area (Å²) >= 11 is 0. The fraction of sp³-hybridized carbons (Fsp3) is 0.619. The Balaban J connectivity index is 1.40. The van der Waals surface area contributed by atoms with E-state index >= 15 is 0 Å². The number of epoxide rings is 1. The molecule has 1 spiro atoms. The Morgan fingerprint density at radius 2 is 2.04 bits per heavy atom. The summed E-state index contributed by atoms with van der Waals surface area (Å²) in [4.78, 5) is 30.1. The average molecular weight is 366 g/mol. The Morgan fingerprint density at radius 3 is 2.85 bits per heavy atom. The minimum Gasteiger partial charge on any atom is -0.363 e. The maximum absolute atomic E-state index is 13.5. The van der Waals surface area contributed by atoms with Crippen molar-refractivity contribution < 1.29 is 19.1 Å². The Kier molecular flexibility index (Phi) is 2.54. The van der Waals surface area contributed by atoms with Gasteiger partial charge >= 0.3 is 0 Å². The molecular weight excluding hydrogens is 344 g/mol. The van der Waals surface area contributed by atoms with Gasteiger partial charge in [0.1, 0.15) is 17.8 Å². The number of anilines is 1. The lowest BCUT2D eigenvalue weighted by atomic mass is 9.70. The van der Waals surface area contributed by atoms with E-state index in [0.717, 1.165) is 30.6 Å². The summed E-state index contributed by atoms with van der Waals surface area (Å²) in [6.07, 6.45) is 2.55. The second kappa shape index (κ2) is 4.55. The van der Waals surface area contributed by atoms with Crippen molar-refractivity contribution in [1.82, 2.24) is 4.90 Å². The van der Waals surface area contributed by atoms with Crippen LogP contribution >= 0.6 is 0 Å². The van der Waals surface area contributed by atoms with Crippen LogP contribution in [0.15, 0.2) is 24.3 Å². The van der Waals surface area contributed by atoms with Crippen molar-refractivity contribution >= 4 is 17.5 Å². The van der Waals surface area contributed by atoms with Gasteiger partial charge in [0.05, 0.1) is 24.1 Å². The highest BCUT2D eigenvalue weighted by Gasteiger charge is 2.84. The summed E-state index contributed by atoms with van der Waals surface area (Å²) in [7, 11) is 0. The van der Waals surface area contributed by atoms with Gasteiger partial charge in [0, 0.05) is 18.7 Å². The second-order valence-corrected chi connectivity index (χ2v) is 9.02. The number of benzene rings is 1. The van der Waals surface area contributed by atoms with Gasteiger partial charge in [-0.25, -0.2) is 0 Å². The van der Waals surface area contributed by atoms with Gasteiger partial charge in [0.15, 0.2) is 0 Å². The number of ether oxygens (including phenoxy) is 2. The number of fused-ring (bicyclic) bond motifs is 6. The molecule has 0 unspecified atom stereocenters. The number of nitrogens with zero attached hydrogens (tertiary/aromatic N) is 2. The van der Waals surface area contributed by atoms with Crippen LogP contribution in [0.25, 0.3) is 0 Å². The molecule has 0 saturated carbocycles. The molecule has 0 N–H and O–H groups in total. The first-order valence-corrected chi connectivity index (χ1v) is 10.2. The van der Waals surface area contributed by atoms with Crippen LogP contribution < -0.4 is 4.90 Å². The van der Waals surface area contributed by atoms with Crippen LogP contribution in [-0.4, -0.2) is 53.2 Å². The molecule has 5 fully saturated rings. The van der Waals surface area contributed by atoms with Gasteiger partial charge in [-0.2, -0.15) is 0 Å². The fourth-order valence-corrected chi connectivity index (χ4v) is 6.96. The van der Waals surface area contributed by atoms with E-state index in [1.807, 2.05) is 28.0 Å². The summed E-state index contributed by atoms with van der Waals surface area (Å²) in [6, 6.07) is 8.09. The zero-order valence-corrected chi connectivity index (χ0v) is 15.2. The number of carbonyl (C=O) groups is 2. The SMILES string of the molecule is C[C@@H]1[C@@H]2O[C@]3([C@@H]1C(=O)N1c4ccccc4[C@@H](N4CCCC4=O)C[C@H]13)[C@H]1O[C@@H]21. The van der Waals surface area contributed by atoms with E-state index in [1.165, 1.54) is 0 Å². The van der Waals surface area contributed by atoms with Crippen molar-refractivity contribution in [3.05, 3.63) is 29.8 Å². The number of likely N-dealkylation sites (tertiary alicyclic amines) is 1. The molecule has 1 aromatic carbocycles. The van der Waals surface area contributed by atoms with E-state index in [0.29, 0.717) is 6.42 Å². The maximum atomic E-state index is 13.5. The molecule has 6 aliphatic rings. The summed E-state index contributed by atoms with van der Waals surface area (Å²) in [6.45, 7) is 2.94. The molecule has 5 saturated heterocycles. The molecule has 1 aromatic rings. The molecule has 0 radical (unpaired) electrons. The average Bonchev–Trinajstić information content (AvgIpc) is 3.01. The van der Waals surface area contributed by atoms with Gasteiger partial charge in [0.25, 0.3) is 0 Å². The maximum Gasteiger partial charge on any atom is 0.233 e. The van der Waals surface area contributed by atoms with Gasteiger partial charge in [-0.05, 0) is 30.4 Å². The van der Waals surface area contributed by atoms with Gasteiger partial charge < -0.3 is 19.3 Å². The van der Waals surface area contributed by atoms with E-state index < -0.39 is 5.60 Å². The van der Waals surface area contributed by atoms with Crippen LogP contribution in [-0.2, 0) is 19.1 Å². The third-order valence-corrected chi connectivity index (χ3v) is 7.99. The molecule has 6 nitrogen and oxygen atoms in total. The Bertz CT molecular complexity index is 902. The van der Waals surface area contributed by atoms with Crippen molar-refractivity contribution in [2.75, 3.05) is 11.4 Å². The molecule has 0 aliphatic carbocycles. The standard InChI is InChI=1S/C21H22N2O4/c1-10-16-20(25)23-12-6-3-2-5-11(12)13(22-8-4-7-15(22)24)9-14(23)21(16)19-18(26-19)17(10)27-21/h2-3,5-6,10,13-14,16-19H,4,7-9H2,1H3/t10-,13-,14-,16-,17-,18-,19-,21+/m0/s1. The molecular formula is C21H22N2O4. The minimum absolute atomic E-state index is 0.0223. The van der Waals surface area contributed by atoms with Crippen molar-refractivity contribution in [3.8, 4) is 0 Å². The lowest BCUT2D eigenvalue weighted by molar-refractivity contribution is -0.131. The summed E-state index contributed by atoms with van der Waals surface area (Å²) in [5.41, 5.74) is 1.54. The fourth-order valence-electron chi connectivity index (χ4n) is 6.96. The topological polar surface area (TPSA) is 62.4 Å². The highest BCUT2D eigenvalue weighted by atomic mass is 16.7. The zero-order chi connectivity index (χ0) is 18.1. The van der Waals surface area contributed by atoms with Crippen LogP contribution in [0, 0.1) is 11.8 Å². The largest absolute Gasteiger partial charge is 0.363 e. The van der Waals surface area contributed by atoms with Crippen molar-refractivity contribution in [1.29, 1.82) is 0 Å². The van der Waals surface area contributed by atoms with Crippen molar-refractivity contribution in [3.63, 3.8) is 0 Å². The number of amides is 2. The molecule has 6 aliphatic heterocycles. The van der Waals surface area contributed by atoms with Gasteiger partial charge in [-0.1, -0.05) is 25.1 Å².